The lowest BCUT2D eigenvalue weighted by molar-refractivity contribution is 0.183. The van der Waals surface area contributed by atoms with E-state index in [0.717, 1.165) is 18.0 Å². The fraction of sp³-hybridized carbons (Fsp3) is 0.600. The fourth-order valence-electron chi connectivity index (χ4n) is 2.85. The van der Waals surface area contributed by atoms with E-state index in [9.17, 15) is 0 Å². The normalized spacial score (nSPS) is 26.6. The molecule has 1 N–H and O–H groups in total. The summed E-state index contributed by atoms with van der Waals surface area (Å²) >= 11 is 0. The summed E-state index contributed by atoms with van der Waals surface area (Å²) in [5, 5.41) is 3.53. The van der Waals surface area contributed by atoms with E-state index < -0.39 is 0 Å². The first-order valence-corrected chi connectivity index (χ1v) is 6.66. The maximum atomic E-state index is 5.49. The minimum atomic E-state index is 0.593. The first-order chi connectivity index (χ1) is 8.71. The van der Waals surface area contributed by atoms with Crippen LogP contribution in [0, 0.1) is 5.92 Å². The van der Waals surface area contributed by atoms with E-state index in [1.54, 1.807) is 14.2 Å². The van der Waals surface area contributed by atoms with Crippen LogP contribution >= 0.6 is 0 Å². The maximum Gasteiger partial charge on any atom is 0.126 e. The minimum Gasteiger partial charge on any atom is -0.497 e. The Hall–Kier alpha value is -1.22. The smallest absolute Gasteiger partial charge is 0.126 e. The van der Waals surface area contributed by atoms with Gasteiger partial charge in [0.1, 0.15) is 11.5 Å². The molecule has 0 spiro atoms. The lowest BCUT2D eigenvalue weighted by Gasteiger charge is -2.44. The van der Waals surface area contributed by atoms with E-state index in [1.807, 2.05) is 12.1 Å². The molecule has 0 aliphatic heterocycles. The summed E-state index contributed by atoms with van der Waals surface area (Å²) in [5.41, 5.74) is 1.31. The monoisotopic (exact) mass is 249 g/mol. The van der Waals surface area contributed by atoms with Gasteiger partial charge in [-0.1, -0.05) is 19.9 Å². The molecular weight excluding hydrogens is 226 g/mol. The zero-order valence-electron chi connectivity index (χ0n) is 11.7. The lowest BCUT2D eigenvalue weighted by atomic mass is 9.67. The molecule has 3 heteroatoms. The van der Waals surface area contributed by atoms with E-state index >= 15 is 0 Å². The van der Waals surface area contributed by atoms with E-state index in [2.05, 4.69) is 25.2 Å². The third-order valence-electron chi connectivity index (χ3n) is 4.08. The summed E-state index contributed by atoms with van der Waals surface area (Å²) in [6.07, 6.45) is 1.19. The molecule has 1 aromatic rings. The van der Waals surface area contributed by atoms with E-state index in [0.29, 0.717) is 17.9 Å². The molecule has 3 atom stereocenters. The highest BCUT2D eigenvalue weighted by Gasteiger charge is 2.39. The Kier molecular flexibility index (Phi) is 4.12. The number of benzene rings is 1. The molecule has 3 unspecified atom stereocenters. The Morgan fingerprint density at radius 3 is 2.61 bits per heavy atom. The Bertz CT molecular complexity index is 405. The Labute approximate surface area is 109 Å². The molecule has 0 aromatic heterocycles. The van der Waals surface area contributed by atoms with Crippen LogP contribution in [0.1, 0.15) is 31.7 Å². The Morgan fingerprint density at radius 2 is 2.06 bits per heavy atom. The minimum absolute atomic E-state index is 0.593. The summed E-state index contributed by atoms with van der Waals surface area (Å²) in [7, 11) is 3.41. The predicted molar refractivity (Wildman–Crippen MR) is 73.5 cm³/mol. The van der Waals surface area contributed by atoms with E-state index in [-0.39, 0.29) is 0 Å². The van der Waals surface area contributed by atoms with Crippen LogP contribution in [-0.4, -0.2) is 26.8 Å². The van der Waals surface area contributed by atoms with Crippen molar-refractivity contribution in [3.63, 3.8) is 0 Å². The zero-order valence-corrected chi connectivity index (χ0v) is 11.7. The van der Waals surface area contributed by atoms with Crippen molar-refractivity contribution < 1.29 is 9.47 Å². The van der Waals surface area contributed by atoms with Crippen molar-refractivity contribution in [2.75, 3.05) is 20.8 Å². The van der Waals surface area contributed by atoms with Gasteiger partial charge < -0.3 is 14.8 Å². The highest BCUT2D eigenvalue weighted by Crippen LogP contribution is 2.46. The SMILES string of the molecule is CCNC1CC(c2ccc(OC)cc2OC)C1C. The van der Waals surface area contributed by atoms with Crippen LogP contribution in [0.2, 0.25) is 0 Å². The fourth-order valence-corrected chi connectivity index (χ4v) is 2.85. The first kappa shape index (κ1) is 13.2. The van der Waals surface area contributed by atoms with Gasteiger partial charge in [0.2, 0.25) is 0 Å². The molecule has 1 saturated carbocycles. The third-order valence-corrected chi connectivity index (χ3v) is 4.08. The molecular formula is C15H23NO2. The number of hydrogen-bond acceptors (Lipinski definition) is 3. The zero-order chi connectivity index (χ0) is 13.1. The van der Waals surface area contributed by atoms with Gasteiger partial charge in [-0.05, 0) is 36.4 Å². The van der Waals surface area contributed by atoms with Gasteiger partial charge in [-0.3, -0.25) is 0 Å². The molecule has 0 radical (unpaired) electrons. The first-order valence-electron chi connectivity index (χ1n) is 6.66. The summed E-state index contributed by atoms with van der Waals surface area (Å²) in [4.78, 5) is 0. The highest BCUT2D eigenvalue weighted by atomic mass is 16.5. The van der Waals surface area contributed by atoms with Crippen LogP contribution in [0.5, 0.6) is 11.5 Å². The summed E-state index contributed by atoms with van der Waals surface area (Å²) < 4.78 is 10.7. The average molecular weight is 249 g/mol. The number of ether oxygens (including phenoxy) is 2. The van der Waals surface area contributed by atoms with Gasteiger partial charge in [0.25, 0.3) is 0 Å². The molecule has 1 aromatic carbocycles. The van der Waals surface area contributed by atoms with Gasteiger partial charge in [-0.2, -0.15) is 0 Å². The molecule has 100 valence electrons. The largest absolute Gasteiger partial charge is 0.497 e. The van der Waals surface area contributed by atoms with Gasteiger partial charge in [-0.15, -0.1) is 0 Å². The van der Waals surface area contributed by atoms with Gasteiger partial charge in [-0.25, -0.2) is 0 Å². The van der Waals surface area contributed by atoms with Crippen molar-refractivity contribution in [3.05, 3.63) is 23.8 Å². The van der Waals surface area contributed by atoms with E-state index in [1.165, 1.54) is 12.0 Å². The van der Waals surface area contributed by atoms with Crippen LogP contribution in [0.3, 0.4) is 0 Å². The summed E-state index contributed by atoms with van der Waals surface area (Å²) in [5.74, 6) is 3.05. The van der Waals surface area contributed by atoms with Crippen LogP contribution in [0.4, 0.5) is 0 Å². The number of methoxy groups -OCH3 is 2. The molecule has 0 amide bonds. The van der Waals surface area contributed by atoms with Crippen LogP contribution < -0.4 is 14.8 Å². The van der Waals surface area contributed by atoms with Gasteiger partial charge in [0.15, 0.2) is 0 Å². The second-order valence-corrected chi connectivity index (χ2v) is 4.97. The Balaban J connectivity index is 2.15. The topological polar surface area (TPSA) is 30.5 Å². The second kappa shape index (κ2) is 5.61. The molecule has 0 saturated heterocycles. The quantitative estimate of drug-likeness (QED) is 0.870. The summed E-state index contributed by atoms with van der Waals surface area (Å²) in [6.45, 7) is 5.51. The van der Waals surface area contributed by atoms with Crippen LogP contribution in [0.15, 0.2) is 18.2 Å². The molecule has 0 heterocycles. The van der Waals surface area contributed by atoms with Crippen molar-refractivity contribution in [2.45, 2.75) is 32.2 Å². The van der Waals surface area contributed by atoms with Crippen LogP contribution in [0.25, 0.3) is 0 Å². The predicted octanol–water partition coefficient (Wildman–Crippen LogP) is 2.81. The molecule has 1 aliphatic rings. The molecule has 1 fully saturated rings. The van der Waals surface area contributed by atoms with Crippen molar-refractivity contribution in [1.29, 1.82) is 0 Å². The molecule has 18 heavy (non-hydrogen) atoms. The van der Waals surface area contributed by atoms with E-state index in [4.69, 9.17) is 9.47 Å². The second-order valence-electron chi connectivity index (χ2n) is 4.97. The molecule has 0 bridgehead atoms. The average Bonchev–Trinajstić information content (AvgIpc) is 2.42. The number of nitrogens with one attached hydrogen (secondary N) is 1. The van der Waals surface area contributed by atoms with Crippen molar-refractivity contribution in [1.82, 2.24) is 5.32 Å². The van der Waals surface area contributed by atoms with Crippen LogP contribution in [-0.2, 0) is 0 Å². The summed E-state index contributed by atoms with van der Waals surface area (Å²) in [6, 6.07) is 6.78. The van der Waals surface area contributed by atoms with Crippen molar-refractivity contribution >= 4 is 0 Å². The van der Waals surface area contributed by atoms with Crippen molar-refractivity contribution in [3.8, 4) is 11.5 Å². The number of rotatable bonds is 5. The highest BCUT2D eigenvalue weighted by molar-refractivity contribution is 5.44. The lowest BCUT2D eigenvalue weighted by Crippen LogP contribution is -2.47. The van der Waals surface area contributed by atoms with Gasteiger partial charge >= 0.3 is 0 Å². The molecule has 3 nitrogen and oxygen atoms in total. The standard InChI is InChI=1S/C15H23NO2/c1-5-16-14-9-13(10(14)2)12-7-6-11(17-3)8-15(12)18-4/h6-8,10,13-14,16H,5,9H2,1-4H3. The number of hydrogen-bond donors (Lipinski definition) is 1. The molecule has 1 aliphatic carbocycles. The Morgan fingerprint density at radius 1 is 1.28 bits per heavy atom. The molecule has 2 rings (SSSR count). The van der Waals surface area contributed by atoms with Crippen molar-refractivity contribution in [2.24, 2.45) is 5.92 Å². The van der Waals surface area contributed by atoms with Gasteiger partial charge in [0, 0.05) is 12.1 Å². The third kappa shape index (κ3) is 2.32. The van der Waals surface area contributed by atoms with Gasteiger partial charge in [0.05, 0.1) is 14.2 Å². The maximum absolute atomic E-state index is 5.49.